The molecule has 1 atom stereocenters. The van der Waals surface area contributed by atoms with Crippen molar-refractivity contribution in [2.75, 3.05) is 0 Å². The summed E-state index contributed by atoms with van der Waals surface area (Å²) < 4.78 is 5.22. The third-order valence-electron chi connectivity index (χ3n) is 2.21. The van der Waals surface area contributed by atoms with Gasteiger partial charge in [0.2, 0.25) is 0 Å². The van der Waals surface area contributed by atoms with Gasteiger partial charge in [-0.15, -0.1) is 12.3 Å². The molecule has 0 aliphatic rings. The van der Waals surface area contributed by atoms with Crippen LogP contribution in [0.5, 0.6) is 0 Å². The summed E-state index contributed by atoms with van der Waals surface area (Å²) in [5.41, 5.74) is 0.461. The van der Waals surface area contributed by atoms with Gasteiger partial charge in [-0.1, -0.05) is 30.3 Å². The predicted molar refractivity (Wildman–Crippen MR) is 72.0 cm³/mol. The summed E-state index contributed by atoms with van der Waals surface area (Å²) in [4.78, 5) is 11.7. The van der Waals surface area contributed by atoms with Crippen LogP contribution in [0.15, 0.2) is 30.3 Å². The Labute approximate surface area is 109 Å². The first kappa shape index (κ1) is 14.1. The van der Waals surface area contributed by atoms with E-state index in [2.05, 4.69) is 11.2 Å². The molecular weight excluding hydrogens is 226 g/mol. The van der Waals surface area contributed by atoms with Gasteiger partial charge in [-0.3, -0.25) is 0 Å². The summed E-state index contributed by atoms with van der Waals surface area (Å²) in [7, 11) is 0. The van der Waals surface area contributed by atoms with Gasteiger partial charge in [0.05, 0.1) is 6.04 Å². The van der Waals surface area contributed by atoms with Gasteiger partial charge in [0.15, 0.2) is 0 Å². The first-order chi connectivity index (χ1) is 8.42. The highest BCUT2D eigenvalue weighted by molar-refractivity contribution is 5.68. The normalized spacial score (nSPS) is 12.3. The van der Waals surface area contributed by atoms with Crippen LogP contribution in [0.4, 0.5) is 4.79 Å². The molecule has 0 bridgehead atoms. The van der Waals surface area contributed by atoms with Crippen molar-refractivity contribution in [3.05, 3.63) is 35.9 Å². The van der Waals surface area contributed by atoms with Crippen molar-refractivity contribution < 1.29 is 9.53 Å². The second kappa shape index (κ2) is 6.11. The van der Waals surface area contributed by atoms with Crippen LogP contribution < -0.4 is 5.32 Å². The van der Waals surface area contributed by atoms with E-state index < -0.39 is 11.7 Å². The maximum absolute atomic E-state index is 11.7. The number of benzene rings is 1. The molecule has 0 saturated heterocycles. The van der Waals surface area contributed by atoms with E-state index in [4.69, 9.17) is 11.2 Å². The zero-order chi connectivity index (χ0) is 13.6. The van der Waals surface area contributed by atoms with Crippen molar-refractivity contribution in [3.8, 4) is 12.3 Å². The van der Waals surface area contributed by atoms with Gasteiger partial charge < -0.3 is 10.1 Å². The van der Waals surface area contributed by atoms with Crippen LogP contribution in [0.3, 0.4) is 0 Å². The molecule has 3 heteroatoms. The Morgan fingerprint density at radius 2 is 2.00 bits per heavy atom. The van der Waals surface area contributed by atoms with E-state index in [1.165, 1.54) is 0 Å². The maximum atomic E-state index is 11.7. The Morgan fingerprint density at radius 1 is 1.39 bits per heavy atom. The minimum atomic E-state index is -0.512. The second-order valence-corrected chi connectivity index (χ2v) is 5.02. The molecule has 1 amide bonds. The molecule has 0 aliphatic carbocycles. The van der Waals surface area contributed by atoms with Gasteiger partial charge >= 0.3 is 6.09 Å². The molecule has 0 aliphatic heterocycles. The van der Waals surface area contributed by atoms with Crippen molar-refractivity contribution in [3.63, 3.8) is 0 Å². The van der Waals surface area contributed by atoms with Gasteiger partial charge in [-0.2, -0.15) is 0 Å². The molecular formula is C15H19NO2. The molecule has 0 fully saturated rings. The summed E-state index contributed by atoms with van der Waals surface area (Å²) in [5, 5.41) is 2.79. The van der Waals surface area contributed by atoms with E-state index in [1.807, 2.05) is 51.1 Å². The smallest absolute Gasteiger partial charge is 0.408 e. The summed E-state index contributed by atoms with van der Waals surface area (Å²) in [6.45, 7) is 5.47. The van der Waals surface area contributed by atoms with E-state index in [0.717, 1.165) is 5.56 Å². The number of amides is 1. The van der Waals surface area contributed by atoms with Crippen molar-refractivity contribution in [2.45, 2.75) is 38.8 Å². The van der Waals surface area contributed by atoms with Crippen molar-refractivity contribution in [1.82, 2.24) is 5.32 Å². The number of nitrogens with one attached hydrogen (secondary N) is 1. The number of carbonyl (C=O) groups excluding carboxylic acids is 1. The summed E-state index contributed by atoms with van der Waals surface area (Å²) in [6.07, 6.45) is 5.31. The van der Waals surface area contributed by atoms with Crippen molar-refractivity contribution in [1.29, 1.82) is 0 Å². The number of ether oxygens (including phenoxy) is 1. The molecule has 0 heterocycles. The molecule has 0 spiro atoms. The van der Waals surface area contributed by atoms with Gasteiger partial charge in [0, 0.05) is 6.42 Å². The Kier molecular flexibility index (Phi) is 4.79. The van der Waals surface area contributed by atoms with E-state index in [-0.39, 0.29) is 6.04 Å². The number of hydrogen-bond donors (Lipinski definition) is 1. The van der Waals surface area contributed by atoms with Gasteiger partial charge in [0.25, 0.3) is 0 Å². The number of carbonyl (C=O) groups is 1. The standard InChI is InChI=1S/C15H19NO2/c1-5-9-13(12-10-7-6-8-11-12)16-14(17)18-15(2,3)4/h1,6-8,10-11,13H,9H2,2-4H3,(H,16,17)/t13-/m0/s1. The summed E-state index contributed by atoms with van der Waals surface area (Å²) in [6, 6.07) is 9.39. The fourth-order valence-electron chi connectivity index (χ4n) is 1.51. The van der Waals surface area contributed by atoms with Crippen LogP contribution in [0.1, 0.15) is 38.8 Å². The SMILES string of the molecule is C#CC[C@H](NC(=O)OC(C)(C)C)c1ccccc1. The summed E-state index contributed by atoms with van der Waals surface area (Å²) in [5.74, 6) is 2.56. The third-order valence-corrected chi connectivity index (χ3v) is 2.21. The molecule has 1 aromatic carbocycles. The Bertz CT molecular complexity index is 426. The lowest BCUT2D eigenvalue weighted by atomic mass is 10.0. The molecule has 0 aromatic heterocycles. The Morgan fingerprint density at radius 3 is 2.50 bits per heavy atom. The molecule has 3 nitrogen and oxygen atoms in total. The van der Waals surface area contributed by atoms with Crippen molar-refractivity contribution >= 4 is 6.09 Å². The van der Waals surface area contributed by atoms with Crippen molar-refractivity contribution in [2.24, 2.45) is 0 Å². The average Bonchev–Trinajstić information content (AvgIpc) is 2.27. The maximum Gasteiger partial charge on any atom is 0.408 e. The average molecular weight is 245 g/mol. The fourth-order valence-corrected chi connectivity index (χ4v) is 1.51. The third kappa shape index (κ3) is 4.92. The zero-order valence-electron chi connectivity index (χ0n) is 11.1. The number of alkyl carbamates (subject to hydrolysis) is 1. The van der Waals surface area contributed by atoms with Crippen LogP contribution in [0.25, 0.3) is 0 Å². The highest BCUT2D eigenvalue weighted by Crippen LogP contribution is 2.17. The van der Waals surface area contributed by atoms with Crippen LogP contribution in [0, 0.1) is 12.3 Å². The Hall–Kier alpha value is -1.95. The topological polar surface area (TPSA) is 38.3 Å². The quantitative estimate of drug-likeness (QED) is 0.830. The minimum Gasteiger partial charge on any atom is -0.444 e. The lowest BCUT2D eigenvalue weighted by Gasteiger charge is -2.23. The van der Waals surface area contributed by atoms with E-state index in [0.29, 0.717) is 6.42 Å². The van der Waals surface area contributed by atoms with Gasteiger partial charge in [-0.05, 0) is 26.3 Å². The molecule has 18 heavy (non-hydrogen) atoms. The van der Waals surface area contributed by atoms with Crippen LogP contribution in [0.2, 0.25) is 0 Å². The number of rotatable bonds is 3. The lowest BCUT2D eigenvalue weighted by molar-refractivity contribution is 0.0504. The molecule has 0 unspecified atom stereocenters. The second-order valence-electron chi connectivity index (χ2n) is 5.02. The molecule has 0 saturated carbocycles. The largest absolute Gasteiger partial charge is 0.444 e. The first-order valence-corrected chi connectivity index (χ1v) is 5.90. The zero-order valence-corrected chi connectivity index (χ0v) is 11.1. The number of terminal acetylenes is 1. The number of hydrogen-bond acceptors (Lipinski definition) is 2. The highest BCUT2D eigenvalue weighted by atomic mass is 16.6. The van der Waals surface area contributed by atoms with Crippen LogP contribution >= 0.6 is 0 Å². The monoisotopic (exact) mass is 245 g/mol. The van der Waals surface area contributed by atoms with E-state index in [1.54, 1.807) is 0 Å². The minimum absolute atomic E-state index is 0.217. The van der Waals surface area contributed by atoms with E-state index in [9.17, 15) is 4.79 Å². The summed E-state index contributed by atoms with van der Waals surface area (Å²) >= 11 is 0. The van der Waals surface area contributed by atoms with Gasteiger partial charge in [-0.25, -0.2) is 4.79 Å². The molecule has 0 radical (unpaired) electrons. The predicted octanol–water partition coefficient (Wildman–Crippen LogP) is 3.28. The van der Waals surface area contributed by atoms with Crippen LogP contribution in [-0.2, 0) is 4.74 Å². The lowest BCUT2D eigenvalue weighted by Crippen LogP contribution is -2.34. The molecule has 1 N–H and O–H groups in total. The highest BCUT2D eigenvalue weighted by Gasteiger charge is 2.19. The fraction of sp³-hybridized carbons (Fsp3) is 0.400. The molecule has 1 rings (SSSR count). The molecule has 96 valence electrons. The van der Waals surface area contributed by atoms with Gasteiger partial charge in [0.1, 0.15) is 5.60 Å². The van der Waals surface area contributed by atoms with Crippen LogP contribution in [-0.4, -0.2) is 11.7 Å². The molecule has 1 aromatic rings. The van der Waals surface area contributed by atoms with E-state index >= 15 is 0 Å². The first-order valence-electron chi connectivity index (χ1n) is 5.90. The Balaban J connectivity index is 2.71.